The normalized spacial score (nSPS) is 19.1. The maximum Gasteiger partial charge on any atom is 0.327 e. The Kier molecular flexibility index (Phi) is 10.4. The Morgan fingerprint density at radius 1 is 1.18 bits per heavy atom. The van der Waals surface area contributed by atoms with Crippen molar-refractivity contribution in [2.24, 2.45) is 0 Å². The molecule has 45 heavy (non-hydrogen) atoms. The van der Waals surface area contributed by atoms with Gasteiger partial charge in [-0.25, -0.2) is 18.4 Å². The van der Waals surface area contributed by atoms with Crippen LogP contribution in [0.25, 0.3) is 16.7 Å². The van der Waals surface area contributed by atoms with Crippen LogP contribution in [0.5, 0.6) is 0 Å². The number of aromatic nitrogens is 3. The number of sulfonamides is 1. The quantitative estimate of drug-likeness (QED) is 0.196. The number of carbonyl (C=O) groups is 1. The molecule has 11 nitrogen and oxygen atoms in total. The molecular weight excluding hydrogens is 641 g/mol. The monoisotopic (exact) mass is 677 g/mol. The van der Waals surface area contributed by atoms with E-state index in [1.165, 1.54) is 12.2 Å². The summed E-state index contributed by atoms with van der Waals surface area (Å²) in [6.45, 7) is 6.45. The van der Waals surface area contributed by atoms with Crippen molar-refractivity contribution in [2.75, 3.05) is 35.9 Å². The zero-order chi connectivity index (χ0) is 32.2. The van der Waals surface area contributed by atoms with Gasteiger partial charge < -0.3 is 19.5 Å². The first-order chi connectivity index (χ1) is 21.4. The second-order valence-corrected chi connectivity index (χ2v) is 14.8. The Labute approximate surface area is 273 Å². The summed E-state index contributed by atoms with van der Waals surface area (Å²) < 4.78 is 47.6. The first-order valence-electron chi connectivity index (χ1n) is 14.8. The van der Waals surface area contributed by atoms with E-state index in [1.807, 2.05) is 16.8 Å². The van der Waals surface area contributed by atoms with Crippen molar-refractivity contribution in [1.82, 2.24) is 14.5 Å². The summed E-state index contributed by atoms with van der Waals surface area (Å²) in [6, 6.07) is 6.97. The summed E-state index contributed by atoms with van der Waals surface area (Å²) in [5.74, 6) is 0.506. The molecular formula is C31H37Cl2N5O6S. The molecule has 0 spiro atoms. The molecule has 3 heterocycles. The van der Waals surface area contributed by atoms with E-state index < -0.39 is 33.4 Å². The standard InChI is InChI=1S/C31H37Cl2N5O6S/c1-31(2,3)44-29(39)20-38(45(40,41)25-16-22(32)15-23(33)17-25)24-7-8-26-21(14-24)9-11-37(26)28-19-35-27(18-36-28)34-10-13-43-30-6-4-5-12-42-30/h7-9,11,14-16,18-19,25,30H,4-6,10,12-13,17,20H2,1-3H3,(H,34,35). The molecule has 1 aromatic carbocycles. The van der Waals surface area contributed by atoms with Crippen molar-refractivity contribution in [3.8, 4) is 5.82 Å². The van der Waals surface area contributed by atoms with Crippen LogP contribution in [-0.2, 0) is 29.0 Å². The Hall–Kier alpha value is -3.16. The second kappa shape index (κ2) is 14.1. The first-order valence-corrected chi connectivity index (χ1v) is 17.0. The summed E-state index contributed by atoms with van der Waals surface area (Å²) in [7, 11) is -4.13. The number of ether oxygens (including phenoxy) is 3. The van der Waals surface area contributed by atoms with Crippen LogP contribution >= 0.6 is 23.2 Å². The predicted molar refractivity (Wildman–Crippen MR) is 175 cm³/mol. The molecule has 2 aromatic heterocycles. The summed E-state index contributed by atoms with van der Waals surface area (Å²) >= 11 is 12.4. The topological polar surface area (TPSA) is 125 Å². The van der Waals surface area contributed by atoms with E-state index >= 15 is 0 Å². The van der Waals surface area contributed by atoms with Gasteiger partial charge in [-0.2, -0.15) is 0 Å². The highest BCUT2D eigenvalue weighted by Gasteiger charge is 2.35. The van der Waals surface area contributed by atoms with Crippen molar-refractivity contribution in [3.63, 3.8) is 0 Å². The van der Waals surface area contributed by atoms with Crippen LogP contribution in [0.1, 0.15) is 46.5 Å². The van der Waals surface area contributed by atoms with E-state index in [9.17, 15) is 13.2 Å². The SMILES string of the molecule is CC(C)(C)OC(=O)CN(c1ccc2c(ccn2-c2cnc(NCCOC3CCCCO3)cn2)c1)S(=O)(=O)C1C=C(Cl)C=C(Cl)C1. The van der Waals surface area contributed by atoms with Crippen LogP contribution in [0, 0.1) is 0 Å². The van der Waals surface area contributed by atoms with E-state index in [4.69, 9.17) is 37.4 Å². The van der Waals surface area contributed by atoms with Gasteiger partial charge in [0.15, 0.2) is 12.1 Å². The number of nitrogens with one attached hydrogen (secondary N) is 1. The lowest BCUT2D eigenvalue weighted by molar-refractivity contribution is -0.160. The summed E-state index contributed by atoms with van der Waals surface area (Å²) in [4.78, 5) is 21.9. The minimum Gasteiger partial charge on any atom is -0.459 e. The highest BCUT2D eigenvalue weighted by molar-refractivity contribution is 7.93. The Balaban J connectivity index is 1.34. The van der Waals surface area contributed by atoms with Crippen LogP contribution < -0.4 is 9.62 Å². The molecule has 1 fully saturated rings. The van der Waals surface area contributed by atoms with Gasteiger partial charge in [-0.3, -0.25) is 13.7 Å². The minimum atomic E-state index is -4.13. The molecule has 14 heteroatoms. The van der Waals surface area contributed by atoms with E-state index in [1.54, 1.807) is 51.4 Å². The smallest absolute Gasteiger partial charge is 0.327 e. The van der Waals surface area contributed by atoms with Gasteiger partial charge in [0.1, 0.15) is 23.2 Å². The molecule has 3 aromatic rings. The van der Waals surface area contributed by atoms with Crippen molar-refractivity contribution in [1.29, 1.82) is 0 Å². The van der Waals surface area contributed by atoms with Gasteiger partial charge in [-0.05, 0) is 76.5 Å². The van der Waals surface area contributed by atoms with Gasteiger partial charge in [0, 0.05) is 41.2 Å². The first kappa shape index (κ1) is 33.2. The number of rotatable bonds is 11. The summed E-state index contributed by atoms with van der Waals surface area (Å²) in [6.07, 6.45) is 11.1. The van der Waals surface area contributed by atoms with Crippen LogP contribution in [0.4, 0.5) is 11.5 Å². The zero-order valence-corrected chi connectivity index (χ0v) is 27.7. The molecule has 1 N–H and O–H groups in total. The molecule has 0 saturated carbocycles. The highest BCUT2D eigenvalue weighted by atomic mass is 35.5. The van der Waals surface area contributed by atoms with E-state index in [-0.39, 0.29) is 17.7 Å². The number of nitrogens with zero attached hydrogens (tertiary/aromatic N) is 4. The molecule has 1 saturated heterocycles. The fraction of sp³-hybridized carbons (Fsp3) is 0.452. The number of hydrogen-bond acceptors (Lipinski definition) is 9. The van der Waals surface area contributed by atoms with Crippen LogP contribution in [0.15, 0.2) is 65.1 Å². The molecule has 2 aliphatic rings. The number of benzene rings is 1. The number of hydrogen-bond donors (Lipinski definition) is 1. The fourth-order valence-corrected chi connectivity index (χ4v) is 7.61. The molecule has 0 radical (unpaired) electrons. The number of anilines is 2. The Morgan fingerprint density at radius 2 is 2.00 bits per heavy atom. The minimum absolute atomic E-state index is 0.0367. The number of esters is 1. The fourth-order valence-electron chi connectivity index (χ4n) is 5.09. The number of allylic oxidation sites excluding steroid dienone is 3. The van der Waals surface area contributed by atoms with E-state index in [0.717, 1.165) is 41.1 Å². The highest BCUT2D eigenvalue weighted by Crippen LogP contribution is 2.33. The number of fused-ring (bicyclic) bond motifs is 1. The molecule has 2 atom stereocenters. The lowest BCUT2D eigenvalue weighted by Gasteiger charge is -2.30. The maximum atomic E-state index is 13.9. The van der Waals surface area contributed by atoms with Crippen LogP contribution in [-0.4, -0.2) is 72.4 Å². The lowest BCUT2D eigenvalue weighted by atomic mass is 10.2. The third-order valence-electron chi connectivity index (χ3n) is 7.11. The van der Waals surface area contributed by atoms with E-state index in [0.29, 0.717) is 35.5 Å². The van der Waals surface area contributed by atoms with Gasteiger partial charge in [0.2, 0.25) is 10.0 Å². The molecule has 2 unspecified atom stereocenters. The van der Waals surface area contributed by atoms with Gasteiger partial charge in [0.05, 0.1) is 30.2 Å². The van der Waals surface area contributed by atoms with Gasteiger partial charge in [-0.15, -0.1) is 0 Å². The average Bonchev–Trinajstić information content (AvgIpc) is 3.41. The van der Waals surface area contributed by atoms with Crippen molar-refractivity contribution in [2.45, 2.75) is 63.6 Å². The number of carbonyl (C=O) groups excluding carboxylic acids is 1. The number of halogens is 2. The summed E-state index contributed by atoms with van der Waals surface area (Å²) in [5.41, 5.74) is 0.279. The molecule has 1 aliphatic carbocycles. The molecule has 5 rings (SSSR count). The molecule has 242 valence electrons. The zero-order valence-electron chi connectivity index (χ0n) is 25.4. The van der Waals surface area contributed by atoms with Crippen molar-refractivity contribution in [3.05, 3.63) is 65.1 Å². The summed E-state index contributed by atoms with van der Waals surface area (Å²) in [5, 5.41) is 3.41. The second-order valence-electron chi connectivity index (χ2n) is 11.8. The predicted octanol–water partition coefficient (Wildman–Crippen LogP) is 5.87. The largest absolute Gasteiger partial charge is 0.459 e. The third kappa shape index (κ3) is 8.56. The van der Waals surface area contributed by atoms with Gasteiger partial charge >= 0.3 is 5.97 Å². The van der Waals surface area contributed by atoms with Crippen molar-refractivity contribution >= 4 is 61.6 Å². The molecule has 0 bridgehead atoms. The maximum absolute atomic E-state index is 13.9. The third-order valence-corrected chi connectivity index (χ3v) is 9.64. The van der Waals surface area contributed by atoms with Crippen LogP contribution in [0.2, 0.25) is 0 Å². The van der Waals surface area contributed by atoms with Gasteiger partial charge in [0.25, 0.3) is 0 Å². The van der Waals surface area contributed by atoms with Gasteiger partial charge in [-0.1, -0.05) is 23.2 Å². The lowest BCUT2D eigenvalue weighted by Crippen LogP contribution is -2.43. The van der Waals surface area contributed by atoms with Crippen molar-refractivity contribution < 1.29 is 27.4 Å². The average molecular weight is 679 g/mol. The van der Waals surface area contributed by atoms with E-state index in [2.05, 4.69) is 15.3 Å². The Morgan fingerprint density at radius 3 is 2.69 bits per heavy atom. The molecule has 1 aliphatic heterocycles. The van der Waals surface area contributed by atoms with Crippen LogP contribution in [0.3, 0.4) is 0 Å². The Bertz CT molecular complexity index is 1680. The molecule has 0 amide bonds.